The molecule has 0 amide bonds. The quantitative estimate of drug-likeness (QED) is 0.325. The molecule has 0 aliphatic heterocycles. The molecule has 1 atom stereocenters. The van der Waals surface area contributed by atoms with Crippen LogP contribution in [0.4, 0.5) is 0 Å². The van der Waals surface area contributed by atoms with Crippen LogP contribution < -0.4 is 0 Å². The molecule has 0 saturated heterocycles. The molecule has 154 valence electrons. The Morgan fingerprint density at radius 3 is 2.13 bits per heavy atom. The van der Waals surface area contributed by atoms with Crippen LogP contribution in [0.2, 0.25) is 0 Å². The molecule has 1 heterocycles. The Bertz CT molecular complexity index is 1130. The molecule has 0 unspecified atom stereocenters. The molecule has 0 aliphatic rings. The molecule has 0 saturated carbocycles. The zero-order chi connectivity index (χ0) is 21.5. The van der Waals surface area contributed by atoms with Crippen LogP contribution in [-0.2, 0) is 16.0 Å². The lowest BCUT2D eigenvalue weighted by atomic mass is 10.0. The minimum Gasteiger partial charge on any atom is -0.456 e. The predicted octanol–water partition coefficient (Wildman–Crippen LogP) is 3.55. The molecule has 0 aliphatic carbocycles. The number of hydrogen-bond acceptors (Lipinski definition) is 6. The van der Waals surface area contributed by atoms with Gasteiger partial charge in [-0.2, -0.15) is 0 Å². The van der Waals surface area contributed by atoms with Crippen LogP contribution >= 0.6 is 0 Å². The molecule has 7 nitrogen and oxygen atoms in total. The predicted molar refractivity (Wildman–Crippen MR) is 114 cm³/mol. The van der Waals surface area contributed by atoms with E-state index in [0.717, 1.165) is 16.7 Å². The first-order valence-electron chi connectivity index (χ1n) is 9.82. The SMILES string of the molecule is O=C(COC(=O)[C@@H](Cc1ccccc1)n1cnnn1)c1ccc(-c2ccccc2)cc1. The van der Waals surface area contributed by atoms with Gasteiger partial charge >= 0.3 is 5.97 Å². The van der Waals surface area contributed by atoms with Crippen LogP contribution in [0, 0.1) is 0 Å². The van der Waals surface area contributed by atoms with E-state index in [4.69, 9.17) is 4.74 Å². The van der Waals surface area contributed by atoms with Crippen molar-refractivity contribution in [3.63, 3.8) is 0 Å². The maximum Gasteiger partial charge on any atom is 0.331 e. The van der Waals surface area contributed by atoms with Gasteiger partial charge in [0, 0.05) is 12.0 Å². The minimum atomic E-state index is -0.759. The van der Waals surface area contributed by atoms with Crippen molar-refractivity contribution >= 4 is 11.8 Å². The summed E-state index contributed by atoms with van der Waals surface area (Å²) in [5.41, 5.74) is 3.49. The maximum atomic E-state index is 12.7. The van der Waals surface area contributed by atoms with E-state index >= 15 is 0 Å². The van der Waals surface area contributed by atoms with Gasteiger partial charge in [-0.1, -0.05) is 84.9 Å². The molecule has 0 N–H and O–H groups in total. The number of esters is 1. The van der Waals surface area contributed by atoms with Crippen molar-refractivity contribution in [1.29, 1.82) is 0 Å². The van der Waals surface area contributed by atoms with E-state index in [1.165, 1.54) is 11.0 Å². The van der Waals surface area contributed by atoms with Crippen molar-refractivity contribution in [2.24, 2.45) is 0 Å². The lowest BCUT2D eigenvalue weighted by Gasteiger charge is -2.15. The number of hydrogen-bond donors (Lipinski definition) is 0. The number of benzene rings is 3. The Hall–Kier alpha value is -4.13. The van der Waals surface area contributed by atoms with E-state index in [9.17, 15) is 9.59 Å². The Balaban J connectivity index is 1.41. The van der Waals surface area contributed by atoms with Crippen LogP contribution in [0.3, 0.4) is 0 Å². The monoisotopic (exact) mass is 412 g/mol. The van der Waals surface area contributed by atoms with E-state index < -0.39 is 12.0 Å². The van der Waals surface area contributed by atoms with E-state index in [1.54, 1.807) is 12.1 Å². The van der Waals surface area contributed by atoms with E-state index in [0.29, 0.717) is 12.0 Å². The van der Waals surface area contributed by atoms with Crippen LogP contribution in [0.15, 0.2) is 91.3 Å². The first-order chi connectivity index (χ1) is 15.2. The molecule has 3 aromatic carbocycles. The number of ketones is 1. The topological polar surface area (TPSA) is 87.0 Å². The molecule has 0 spiro atoms. The molecule has 0 fully saturated rings. The van der Waals surface area contributed by atoms with Crippen molar-refractivity contribution in [3.05, 3.63) is 102 Å². The summed E-state index contributed by atoms with van der Waals surface area (Å²) in [6.45, 7) is -0.350. The van der Waals surface area contributed by atoms with Gasteiger partial charge in [-0.15, -0.1) is 5.10 Å². The van der Waals surface area contributed by atoms with Gasteiger partial charge in [-0.25, -0.2) is 9.48 Å². The van der Waals surface area contributed by atoms with E-state index in [2.05, 4.69) is 15.5 Å². The number of carbonyl (C=O) groups excluding carboxylic acids is 2. The largest absolute Gasteiger partial charge is 0.456 e. The zero-order valence-corrected chi connectivity index (χ0v) is 16.7. The van der Waals surface area contributed by atoms with Crippen molar-refractivity contribution < 1.29 is 14.3 Å². The molecule has 31 heavy (non-hydrogen) atoms. The summed E-state index contributed by atoms with van der Waals surface area (Å²) in [7, 11) is 0. The van der Waals surface area contributed by atoms with Crippen LogP contribution in [0.5, 0.6) is 0 Å². The third kappa shape index (κ3) is 5.08. The average Bonchev–Trinajstić information content (AvgIpc) is 3.37. The van der Waals surface area contributed by atoms with Gasteiger partial charge < -0.3 is 4.74 Å². The first-order valence-corrected chi connectivity index (χ1v) is 9.82. The Labute approximate surface area is 179 Å². The van der Waals surface area contributed by atoms with Gasteiger partial charge in [0.25, 0.3) is 0 Å². The molecular formula is C24H20N4O3. The minimum absolute atomic E-state index is 0.275. The Morgan fingerprint density at radius 1 is 0.839 bits per heavy atom. The average molecular weight is 412 g/mol. The summed E-state index contributed by atoms with van der Waals surface area (Å²) < 4.78 is 6.67. The summed E-state index contributed by atoms with van der Waals surface area (Å²) in [5, 5.41) is 11.0. The number of ether oxygens (including phenoxy) is 1. The fourth-order valence-electron chi connectivity index (χ4n) is 3.23. The molecule has 4 aromatic rings. The Morgan fingerprint density at radius 2 is 1.48 bits per heavy atom. The summed E-state index contributed by atoms with van der Waals surface area (Å²) in [4.78, 5) is 25.3. The molecule has 7 heteroatoms. The van der Waals surface area contributed by atoms with Gasteiger partial charge in [-0.3, -0.25) is 4.79 Å². The fraction of sp³-hybridized carbons (Fsp3) is 0.125. The van der Waals surface area contributed by atoms with Crippen molar-refractivity contribution in [2.45, 2.75) is 12.5 Å². The normalized spacial score (nSPS) is 11.6. The van der Waals surface area contributed by atoms with Gasteiger partial charge in [0.2, 0.25) is 0 Å². The molecule has 0 radical (unpaired) electrons. The standard InChI is InChI=1S/C24H20N4O3/c29-23(21-13-11-20(12-14-21)19-9-5-2-6-10-19)16-31-24(30)22(28-17-25-26-27-28)15-18-7-3-1-4-8-18/h1-14,17,22H,15-16H2/t22-/m1/s1. The van der Waals surface area contributed by atoms with Crippen LogP contribution in [0.25, 0.3) is 11.1 Å². The molecule has 1 aromatic heterocycles. The van der Waals surface area contributed by atoms with Gasteiger partial charge in [0.15, 0.2) is 18.4 Å². The lowest BCUT2D eigenvalue weighted by molar-refractivity contribution is -0.146. The van der Waals surface area contributed by atoms with Crippen molar-refractivity contribution in [3.8, 4) is 11.1 Å². The summed E-state index contributed by atoms with van der Waals surface area (Å²) in [6.07, 6.45) is 1.71. The van der Waals surface area contributed by atoms with Gasteiger partial charge in [-0.05, 0) is 27.1 Å². The highest BCUT2D eigenvalue weighted by Crippen LogP contribution is 2.20. The van der Waals surface area contributed by atoms with E-state index in [-0.39, 0.29) is 12.4 Å². The highest BCUT2D eigenvalue weighted by molar-refractivity contribution is 5.98. The highest BCUT2D eigenvalue weighted by atomic mass is 16.5. The molecule has 0 bridgehead atoms. The number of carbonyl (C=O) groups is 2. The number of Topliss-reactive ketones (excluding diaryl/α,β-unsaturated/α-hetero) is 1. The number of rotatable bonds is 8. The van der Waals surface area contributed by atoms with Gasteiger partial charge in [0.1, 0.15) is 6.33 Å². The molecular weight excluding hydrogens is 392 g/mol. The number of nitrogens with zero attached hydrogens (tertiary/aromatic N) is 4. The van der Waals surface area contributed by atoms with E-state index in [1.807, 2.05) is 72.8 Å². The second kappa shape index (κ2) is 9.58. The third-order valence-electron chi connectivity index (χ3n) is 4.89. The first kappa shape index (κ1) is 20.2. The summed E-state index contributed by atoms with van der Waals surface area (Å²) in [6, 6.07) is 25.9. The highest BCUT2D eigenvalue weighted by Gasteiger charge is 2.25. The zero-order valence-electron chi connectivity index (χ0n) is 16.7. The second-order valence-corrected chi connectivity index (χ2v) is 6.97. The van der Waals surface area contributed by atoms with Crippen LogP contribution in [-0.4, -0.2) is 38.6 Å². The fourth-order valence-corrected chi connectivity index (χ4v) is 3.23. The maximum absolute atomic E-state index is 12.7. The third-order valence-corrected chi connectivity index (χ3v) is 4.89. The Kier molecular flexibility index (Phi) is 6.23. The summed E-state index contributed by atoms with van der Waals surface area (Å²) >= 11 is 0. The second-order valence-electron chi connectivity index (χ2n) is 6.97. The summed E-state index contributed by atoms with van der Waals surface area (Å²) in [5.74, 6) is -0.839. The molecule has 4 rings (SSSR count). The number of tetrazole rings is 1. The smallest absolute Gasteiger partial charge is 0.331 e. The number of aromatic nitrogens is 4. The van der Waals surface area contributed by atoms with Crippen molar-refractivity contribution in [2.75, 3.05) is 6.61 Å². The van der Waals surface area contributed by atoms with Gasteiger partial charge in [0.05, 0.1) is 0 Å². The lowest BCUT2D eigenvalue weighted by Crippen LogP contribution is -2.26. The van der Waals surface area contributed by atoms with Crippen LogP contribution in [0.1, 0.15) is 22.0 Å². The van der Waals surface area contributed by atoms with Crippen molar-refractivity contribution in [1.82, 2.24) is 20.2 Å².